The van der Waals surface area contributed by atoms with E-state index in [0.29, 0.717) is 5.02 Å². The van der Waals surface area contributed by atoms with Crippen LogP contribution in [0.5, 0.6) is 0 Å². The molecule has 1 N–H and O–H groups in total. The largest absolute Gasteiger partial charge is 0.308 e. The van der Waals surface area contributed by atoms with Gasteiger partial charge < -0.3 is 5.41 Å². The highest BCUT2D eigenvalue weighted by molar-refractivity contribution is 9.10. The van der Waals surface area contributed by atoms with Crippen molar-refractivity contribution in [1.82, 2.24) is 0 Å². The van der Waals surface area contributed by atoms with Crippen molar-refractivity contribution in [3.63, 3.8) is 0 Å². The minimum absolute atomic E-state index is 0.646. The van der Waals surface area contributed by atoms with Crippen LogP contribution in [-0.2, 0) is 0 Å². The lowest BCUT2D eigenvalue weighted by Gasteiger charge is -1.94. The summed E-state index contributed by atoms with van der Waals surface area (Å²) in [5, 5.41) is 7.58. The zero-order valence-corrected chi connectivity index (χ0v) is 7.41. The van der Waals surface area contributed by atoms with Gasteiger partial charge in [-0.2, -0.15) is 0 Å². The summed E-state index contributed by atoms with van der Waals surface area (Å²) in [5.41, 5.74) is 0.805. The molecule has 0 bridgehead atoms. The van der Waals surface area contributed by atoms with Crippen molar-refractivity contribution in [3.8, 4) is 0 Å². The maximum Gasteiger partial charge on any atom is 0.0423 e. The van der Waals surface area contributed by atoms with Gasteiger partial charge in [0.05, 0.1) is 0 Å². The molecule has 1 rings (SSSR count). The van der Waals surface area contributed by atoms with E-state index in [1.165, 1.54) is 6.21 Å². The van der Waals surface area contributed by atoms with Crippen LogP contribution in [0, 0.1) is 5.41 Å². The van der Waals surface area contributed by atoms with E-state index < -0.39 is 0 Å². The maximum absolute atomic E-state index is 6.93. The highest BCUT2D eigenvalue weighted by Gasteiger charge is 1.93. The van der Waals surface area contributed by atoms with Crippen LogP contribution < -0.4 is 0 Å². The first-order valence-corrected chi connectivity index (χ1v) is 3.86. The Bertz CT molecular complexity index is 240. The van der Waals surface area contributed by atoms with Gasteiger partial charge in [0.1, 0.15) is 0 Å². The Morgan fingerprint density at radius 2 is 2.10 bits per heavy atom. The van der Waals surface area contributed by atoms with Crippen molar-refractivity contribution in [2.24, 2.45) is 0 Å². The van der Waals surface area contributed by atoms with Crippen molar-refractivity contribution < 1.29 is 0 Å². The van der Waals surface area contributed by atoms with Gasteiger partial charge in [0.25, 0.3) is 0 Å². The average Bonchev–Trinajstić information content (AvgIpc) is 1.85. The normalized spacial score (nSPS) is 9.40. The Balaban J connectivity index is 3.18. The van der Waals surface area contributed by atoms with Crippen LogP contribution in [0.3, 0.4) is 0 Å². The third kappa shape index (κ3) is 1.82. The first-order chi connectivity index (χ1) is 4.72. The van der Waals surface area contributed by atoms with Gasteiger partial charge in [0, 0.05) is 15.7 Å². The topological polar surface area (TPSA) is 23.9 Å². The molecule has 0 atom stereocenters. The molecule has 0 aliphatic carbocycles. The zero-order chi connectivity index (χ0) is 7.56. The second-order valence-corrected chi connectivity index (χ2v) is 3.20. The van der Waals surface area contributed by atoms with Crippen molar-refractivity contribution in [3.05, 3.63) is 33.3 Å². The number of benzene rings is 1. The van der Waals surface area contributed by atoms with Crippen LogP contribution >= 0.6 is 27.5 Å². The highest BCUT2D eigenvalue weighted by atomic mass is 79.9. The van der Waals surface area contributed by atoms with Crippen LogP contribution in [0.1, 0.15) is 5.56 Å². The van der Waals surface area contributed by atoms with Gasteiger partial charge >= 0.3 is 0 Å². The molecule has 1 nitrogen and oxygen atoms in total. The predicted molar refractivity (Wildman–Crippen MR) is 47.0 cm³/mol. The summed E-state index contributed by atoms with van der Waals surface area (Å²) >= 11 is 8.96. The molecule has 0 unspecified atom stereocenters. The molecule has 0 aromatic heterocycles. The molecule has 0 amide bonds. The molecule has 0 saturated heterocycles. The Hall–Kier alpha value is -0.340. The van der Waals surface area contributed by atoms with E-state index in [0.717, 1.165) is 10.0 Å². The molecule has 10 heavy (non-hydrogen) atoms. The molecule has 0 radical (unpaired) electrons. The molecule has 1 aromatic rings. The zero-order valence-electron chi connectivity index (χ0n) is 5.07. The van der Waals surface area contributed by atoms with E-state index in [1.54, 1.807) is 12.1 Å². The predicted octanol–water partition coefficient (Wildman–Crippen LogP) is 3.10. The maximum atomic E-state index is 6.93. The standard InChI is InChI=1S/C7H5BrClN/c8-6-1-5(4-10)2-7(9)3-6/h1-4,10H. The van der Waals surface area contributed by atoms with Crippen molar-refractivity contribution in [1.29, 1.82) is 5.41 Å². The number of hydrogen-bond acceptors (Lipinski definition) is 1. The van der Waals surface area contributed by atoms with Crippen molar-refractivity contribution >= 4 is 33.7 Å². The molecule has 0 aliphatic rings. The summed E-state index contributed by atoms with van der Waals surface area (Å²) in [7, 11) is 0. The van der Waals surface area contributed by atoms with Crippen LogP contribution in [-0.4, -0.2) is 6.21 Å². The Kier molecular flexibility index (Phi) is 2.46. The van der Waals surface area contributed by atoms with E-state index in [2.05, 4.69) is 15.9 Å². The van der Waals surface area contributed by atoms with Gasteiger partial charge in [-0.3, -0.25) is 0 Å². The van der Waals surface area contributed by atoms with Crippen molar-refractivity contribution in [2.75, 3.05) is 0 Å². The van der Waals surface area contributed by atoms with Gasteiger partial charge in [0.2, 0.25) is 0 Å². The van der Waals surface area contributed by atoms with Crippen LogP contribution in [0.2, 0.25) is 5.02 Å². The lowest BCUT2D eigenvalue weighted by molar-refractivity contribution is 1.53. The number of rotatable bonds is 1. The quantitative estimate of drug-likeness (QED) is 0.701. The van der Waals surface area contributed by atoms with E-state index in [4.69, 9.17) is 17.0 Å². The minimum Gasteiger partial charge on any atom is -0.308 e. The summed E-state index contributed by atoms with van der Waals surface area (Å²) in [4.78, 5) is 0. The third-order valence-corrected chi connectivity index (χ3v) is 1.73. The van der Waals surface area contributed by atoms with Crippen LogP contribution in [0.4, 0.5) is 0 Å². The number of halogens is 2. The molecule has 0 spiro atoms. The first-order valence-electron chi connectivity index (χ1n) is 2.69. The summed E-state index contributed by atoms with van der Waals surface area (Å²) in [5.74, 6) is 0. The summed E-state index contributed by atoms with van der Waals surface area (Å²) < 4.78 is 0.901. The molecule has 0 aliphatic heterocycles. The SMILES string of the molecule is N=Cc1cc(Cl)cc(Br)c1. The summed E-state index contributed by atoms with van der Waals surface area (Å²) in [6.07, 6.45) is 1.26. The second-order valence-electron chi connectivity index (χ2n) is 1.85. The Morgan fingerprint density at radius 1 is 1.40 bits per heavy atom. The average molecular weight is 218 g/mol. The Labute approximate surface area is 72.7 Å². The molecule has 3 heteroatoms. The third-order valence-electron chi connectivity index (χ3n) is 1.05. The van der Waals surface area contributed by atoms with E-state index >= 15 is 0 Å². The lowest BCUT2D eigenvalue weighted by Crippen LogP contribution is -1.78. The van der Waals surface area contributed by atoms with Gasteiger partial charge in [0.15, 0.2) is 0 Å². The van der Waals surface area contributed by atoms with Gasteiger partial charge in [-0.25, -0.2) is 0 Å². The fourth-order valence-corrected chi connectivity index (χ4v) is 1.54. The summed E-state index contributed by atoms with van der Waals surface area (Å²) in [6, 6.07) is 5.35. The Morgan fingerprint density at radius 3 is 2.60 bits per heavy atom. The van der Waals surface area contributed by atoms with E-state index in [-0.39, 0.29) is 0 Å². The van der Waals surface area contributed by atoms with E-state index in [1.807, 2.05) is 6.07 Å². The lowest BCUT2D eigenvalue weighted by atomic mass is 10.2. The smallest absolute Gasteiger partial charge is 0.0423 e. The minimum atomic E-state index is 0.646. The van der Waals surface area contributed by atoms with Gasteiger partial charge in [-0.05, 0) is 23.8 Å². The first kappa shape index (κ1) is 7.76. The van der Waals surface area contributed by atoms with Crippen LogP contribution in [0.25, 0.3) is 0 Å². The van der Waals surface area contributed by atoms with Crippen molar-refractivity contribution in [2.45, 2.75) is 0 Å². The van der Waals surface area contributed by atoms with Crippen LogP contribution in [0.15, 0.2) is 22.7 Å². The molecular formula is C7H5BrClN. The van der Waals surface area contributed by atoms with E-state index in [9.17, 15) is 0 Å². The summed E-state index contributed by atoms with van der Waals surface area (Å²) in [6.45, 7) is 0. The van der Waals surface area contributed by atoms with Gasteiger partial charge in [-0.1, -0.05) is 27.5 Å². The number of nitrogens with one attached hydrogen (secondary N) is 1. The fourth-order valence-electron chi connectivity index (χ4n) is 0.658. The fraction of sp³-hybridized carbons (Fsp3) is 0. The highest BCUT2D eigenvalue weighted by Crippen LogP contribution is 2.18. The molecule has 0 saturated carbocycles. The monoisotopic (exact) mass is 217 g/mol. The second kappa shape index (κ2) is 3.17. The molecule has 1 aromatic carbocycles. The molecular weight excluding hydrogens is 213 g/mol. The van der Waals surface area contributed by atoms with Gasteiger partial charge in [-0.15, -0.1) is 0 Å². The molecule has 0 fully saturated rings. The number of hydrogen-bond donors (Lipinski definition) is 1. The molecule has 0 heterocycles. The molecule has 52 valence electrons.